The highest BCUT2D eigenvalue weighted by atomic mass is 19.1. The van der Waals surface area contributed by atoms with Gasteiger partial charge in [-0.1, -0.05) is 12.1 Å². The Morgan fingerprint density at radius 3 is 2.69 bits per heavy atom. The summed E-state index contributed by atoms with van der Waals surface area (Å²) in [5.74, 6) is -1.62. The molecule has 1 saturated carbocycles. The Labute approximate surface area is 168 Å². The van der Waals surface area contributed by atoms with E-state index < -0.39 is 17.7 Å². The molecule has 3 rings (SSSR count). The lowest BCUT2D eigenvalue weighted by atomic mass is 9.87. The molecule has 156 valence electrons. The van der Waals surface area contributed by atoms with E-state index in [0.717, 1.165) is 12.8 Å². The molecule has 0 saturated heterocycles. The van der Waals surface area contributed by atoms with E-state index in [-0.39, 0.29) is 30.1 Å². The van der Waals surface area contributed by atoms with Gasteiger partial charge in [0.05, 0.1) is 18.2 Å². The fourth-order valence-electron chi connectivity index (χ4n) is 3.54. The lowest BCUT2D eigenvalue weighted by Crippen LogP contribution is -2.29. The number of rotatable bonds is 9. The molecule has 1 atom stereocenters. The van der Waals surface area contributed by atoms with Gasteiger partial charge in [-0.3, -0.25) is 14.2 Å². The minimum atomic E-state index is -1.00. The quantitative estimate of drug-likeness (QED) is 0.691. The Morgan fingerprint density at radius 1 is 1.38 bits per heavy atom. The molecule has 0 unspecified atom stereocenters. The molecule has 1 aliphatic rings. The number of aryl methyl sites for hydroxylation is 2. The Balaban J connectivity index is 1.78. The van der Waals surface area contributed by atoms with Crippen molar-refractivity contribution in [3.63, 3.8) is 0 Å². The molecular weight excluding hydrogens is 379 g/mol. The largest absolute Gasteiger partial charge is 0.486 e. The van der Waals surface area contributed by atoms with Gasteiger partial charge in [-0.05, 0) is 50.8 Å². The average Bonchev–Trinajstić information content (AvgIpc) is 3.42. The van der Waals surface area contributed by atoms with Crippen LogP contribution in [-0.4, -0.2) is 34.3 Å². The highest BCUT2D eigenvalue weighted by molar-refractivity contribution is 5.76. The van der Waals surface area contributed by atoms with Crippen molar-refractivity contribution in [3.8, 4) is 5.75 Å². The van der Waals surface area contributed by atoms with Gasteiger partial charge in [0.1, 0.15) is 18.4 Å². The number of aliphatic carboxylic acids is 1. The van der Waals surface area contributed by atoms with Gasteiger partial charge < -0.3 is 14.6 Å². The molecule has 7 nitrogen and oxygen atoms in total. The summed E-state index contributed by atoms with van der Waals surface area (Å²) in [5.41, 5.74) is 0.230. The SMILES string of the molecule is COCn1c(C)nc(C)c(OCC2(C[C@H](C(=O)O)c3cccc(F)c3)CC2)c1=O. The maximum absolute atomic E-state index is 13.6. The molecule has 29 heavy (non-hydrogen) atoms. The monoisotopic (exact) mass is 404 g/mol. The second-order valence-electron chi connectivity index (χ2n) is 7.66. The van der Waals surface area contributed by atoms with Crippen LogP contribution >= 0.6 is 0 Å². The number of aromatic nitrogens is 2. The van der Waals surface area contributed by atoms with Crippen molar-refractivity contribution in [2.75, 3.05) is 13.7 Å². The maximum Gasteiger partial charge on any atom is 0.310 e. The summed E-state index contributed by atoms with van der Waals surface area (Å²) in [6, 6.07) is 5.68. The van der Waals surface area contributed by atoms with Gasteiger partial charge in [0.2, 0.25) is 5.75 Å². The second-order valence-corrected chi connectivity index (χ2v) is 7.66. The van der Waals surface area contributed by atoms with E-state index in [1.54, 1.807) is 19.9 Å². The molecule has 1 aromatic heterocycles. The number of hydrogen-bond donors (Lipinski definition) is 1. The predicted molar refractivity (Wildman–Crippen MR) is 104 cm³/mol. The average molecular weight is 404 g/mol. The Hall–Kier alpha value is -2.74. The molecule has 2 aromatic rings. The second kappa shape index (κ2) is 8.32. The standard InChI is InChI=1S/C21H25FN2O5/c1-13-18(19(25)24(12-28-3)14(2)23-13)29-11-21(7-8-21)10-17(20(26)27)15-5-4-6-16(22)9-15/h4-6,9,17H,7-8,10-12H2,1-3H3,(H,26,27)/t17-/m0/s1. The smallest absolute Gasteiger partial charge is 0.310 e. The van der Waals surface area contributed by atoms with Crippen molar-refractivity contribution in [2.24, 2.45) is 5.41 Å². The van der Waals surface area contributed by atoms with Crippen LogP contribution in [0.3, 0.4) is 0 Å². The van der Waals surface area contributed by atoms with Gasteiger partial charge in [0.25, 0.3) is 5.56 Å². The number of methoxy groups -OCH3 is 1. The van der Waals surface area contributed by atoms with Crippen molar-refractivity contribution in [1.29, 1.82) is 0 Å². The van der Waals surface area contributed by atoms with E-state index in [9.17, 15) is 19.1 Å². The fraction of sp³-hybridized carbons (Fsp3) is 0.476. The normalized spacial score (nSPS) is 15.7. The van der Waals surface area contributed by atoms with Gasteiger partial charge in [0.15, 0.2) is 0 Å². The Morgan fingerprint density at radius 2 is 2.10 bits per heavy atom. The van der Waals surface area contributed by atoms with Gasteiger partial charge in [-0.2, -0.15) is 0 Å². The van der Waals surface area contributed by atoms with E-state index in [1.165, 1.54) is 29.9 Å². The number of nitrogens with zero attached hydrogens (tertiary/aromatic N) is 2. The van der Waals surface area contributed by atoms with Crippen LogP contribution < -0.4 is 10.3 Å². The number of halogens is 1. The zero-order valence-corrected chi connectivity index (χ0v) is 16.8. The minimum Gasteiger partial charge on any atom is -0.486 e. The zero-order valence-electron chi connectivity index (χ0n) is 16.8. The van der Waals surface area contributed by atoms with Crippen LogP contribution in [0.25, 0.3) is 0 Å². The van der Waals surface area contributed by atoms with Crippen molar-refractivity contribution < 1.29 is 23.8 Å². The predicted octanol–water partition coefficient (Wildman–Crippen LogP) is 3.02. The number of benzene rings is 1. The molecule has 0 amide bonds. The molecule has 1 aliphatic carbocycles. The van der Waals surface area contributed by atoms with E-state index in [0.29, 0.717) is 23.5 Å². The summed E-state index contributed by atoms with van der Waals surface area (Å²) in [4.78, 5) is 28.9. The van der Waals surface area contributed by atoms with Crippen LogP contribution in [-0.2, 0) is 16.3 Å². The van der Waals surface area contributed by atoms with Gasteiger partial charge in [0, 0.05) is 12.5 Å². The molecule has 0 spiro atoms. The van der Waals surface area contributed by atoms with E-state index in [1.807, 2.05) is 0 Å². The number of hydrogen-bond acceptors (Lipinski definition) is 5. The third kappa shape index (κ3) is 4.64. The van der Waals surface area contributed by atoms with Gasteiger partial charge >= 0.3 is 5.97 Å². The molecule has 0 aliphatic heterocycles. The number of carbonyl (C=O) groups is 1. The van der Waals surface area contributed by atoms with Gasteiger partial charge in [-0.25, -0.2) is 9.37 Å². The van der Waals surface area contributed by atoms with Crippen LogP contribution in [0.1, 0.15) is 42.3 Å². The highest BCUT2D eigenvalue weighted by Crippen LogP contribution is 2.52. The summed E-state index contributed by atoms with van der Waals surface area (Å²) >= 11 is 0. The molecule has 0 bridgehead atoms. The van der Waals surface area contributed by atoms with E-state index in [4.69, 9.17) is 9.47 Å². The third-order valence-electron chi connectivity index (χ3n) is 5.41. The van der Waals surface area contributed by atoms with Gasteiger partial charge in [-0.15, -0.1) is 0 Å². The number of carboxylic acid groups (broad SMARTS) is 1. The molecule has 1 aromatic carbocycles. The Kier molecular flexibility index (Phi) is 6.02. The lowest BCUT2D eigenvalue weighted by Gasteiger charge is -2.22. The minimum absolute atomic E-state index is 0.0696. The van der Waals surface area contributed by atoms with Crippen molar-refractivity contribution in [3.05, 3.63) is 57.5 Å². The summed E-state index contributed by atoms with van der Waals surface area (Å²) in [6.45, 7) is 3.70. The lowest BCUT2D eigenvalue weighted by molar-refractivity contribution is -0.139. The summed E-state index contributed by atoms with van der Waals surface area (Å²) < 4.78 is 25.9. The molecule has 1 fully saturated rings. The van der Waals surface area contributed by atoms with Crippen molar-refractivity contribution in [1.82, 2.24) is 9.55 Å². The van der Waals surface area contributed by atoms with Crippen LogP contribution in [0.5, 0.6) is 5.75 Å². The molecule has 1 heterocycles. The van der Waals surface area contributed by atoms with Crippen LogP contribution in [0.4, 0.5) is 4.39 Å². The van der Waals surface area contributed by atoms with Crippen molar-refractivity contribution in [2.45, 2.75) is 45.8 Å². The van der Waals surface area contributed by atoms with Crippen LogP contribution in [0.2, 0.25) is 0 Å². The third-order valence-corrected chi connectivity index (χ3v) is 5.41. The first-order chi connectivity index (χ1) is 13.8. The van der Waals surface area contributed by atoms with Crippen LogP contribution in [0.15, 0.2) is 29.1 Å². The Bertz CT molecular complexity index is 968. The first-order valence-corrected chi connectivity index (χ1v) is 9.44. The highest BCUT2D eigenvalue weighted by Gasteiger charge is 2.47. The zero-order chi connectivity index (χ0) is 21.2. The van der Waals surface area contributed by atoms with E-state index in [2.05, 4.69) is 4.98 Å². The van der Waals surface area contributed by atoms with E-state index >= 15 is 0 Å². The first kappa shape index (κ1) is 21.0. The summed E-state index contributed by atoms with van der Waals surface area (Å²) in [5, 5.41) is 9.67. The van der Waals surface area contributed by atoms with Crippen LogP contribution in [0, 0.1) is 25.1 Å². The molecule has 1 N–H and O–H groups in total. The molecule has 0 radical (unpaired) electrons. The fourth-order valence-corrected chi connectivity index (χ4v) is 3.54. The molecule has 8 heteroatoms. The first-order valence-electron chi connectivity index (χ1n) is 9.44. The number of ether oxygens (including phenoxy) is 2. The summed E-state index contributed by atoms with van der Waals surface area (Å²) in [7, 11) is 1.49. The topological polar surface area (TPSA) is 90.7 Å². The van der Waals surface area contributed by atoms with Crippen molar-refractivity contribution >= 4 is 5.97 Å². The molecular formula is C21H25FN2O5. The maximum atomic E-state index is 13.6. The number of carboxylic acids is 1. The summed E-state index contributed by atoms with van der Waals surface area (Å²) in [6.07, 6.45) is 1.89.